The van der Waals surface area contributed by atoms with Gasteiger partial charge in [0.2, 0.25) is 5.91 Å². The van der Waals surface area contributed by atoms with E-state index in [2.05, 4.69) is 16.0 Å². The Morgan fingerprint density at radius 3 is 2.38 bits per heavy atom. The normalized spacial score (nSPS) is 10.2. The maximum absolute atomic E-state index is 12.2. The third-order valence-corrected chi connectivity index (χ3v) is 3.70. The van der Waals surface area contributed by atoms with Crippen LogP contribution in [-0.4, -0.2) is 18.5 Å². The van der Waals surface area contributed by atoms with Gasteiger partial charge in [-0.1, -0.05) is 48.5 Å². The van der Waals surface area contributed by atoms with E-state index >= 15 is 0 Å². The van der Waals surface area contributed by atoms with Crippen LogP contribution in [-0.2, 0) is 11.3 Å². The molecule has 3 aromatic rings. The van der Waals surface area contributed by atoms with Gasteiger partial charge < -0.3 is 20.4 Å². The Balaban J connectivity index is 1.53. The largest absolute Gasteiger partial charge is 0.467 e. The zero-order valence-corrected chi connectivity index (χ0v) is 14.1. The van der Waals surface area contributed by atoms with Crippen molar-refractivity contribution in [3.63, 3.8) is 0 Å². The van der Waals surface area contributed by atoms with Crippen molar-refractivity contribution >= 4 is 17.6 Å². The Bertz CT molecular complexity index is 861. The molecule has 0 aliphatic heterocycles. The van der Waals surface area contributed by atoms with Gasteiger partial charge in [-0.2, -0.15) is 0 Å². The molecule has 0 saturated carbocycles. The second-order valence-corrected chi connectivity index (χ2v) is 5.58. The molecule has 0 saturated heterocycles. The lowest BCUT2D eigenvalue weighted by molar-refractivity contribution is -0.115. The van der Waals surface area contributed by atoms with E-state index in [0.717, 1.165) is 11.1 Å². The summed E-state index contributed by atoms with van der Waals surface area (Å²) in [6.07, 6.45) is 1.53. The minimum absolute atomic E-state index is 0.132. The first kappa shape index (κ1) is 17.3. The van der Waals surface area contributed by atoms with Crippen molar-refractivity contribution in [2.24, 2.45) is 0 Å². The standard InChI is InChI=1S/C20H19N3O3/c24-19(14-22-20(25)21-13-16-9-6-12-26-16)23-18-11-5-4-10-17(18)15-7-2-1-3-8-15/h1-12H,13-14H2,(H,23,24)(H2,21,22,25). The molecule has 0 spiro atoms. The van der Waals surface area contributed by atoms with Crippen molar-refractivity contribution in [3.05, 3.63) is 78.8 Å². The molecule has 1 aromatic heterocycles. The number of rotatable bonds is 6. The van der Waals surface area contributed by atoms with E-state index in [9.17, 15) is 9.59 Å². The highest BCUT2D eigenvalue weighted by molar-refractivity contribution is 5.97. The van der Waals surface area contributed by atoms with E-state index in [-0.39, 0.29) is 19.0 Å². The van der Waals surface area contributed by atoms with E-state index in [1.165, 1.54) is 6.26 Å². The molecule has 0 aliphatic rings. The fourth-order valence-corrected chi connectivity index (χ4v) is 2.46. The van der Waals surface area contributed by atoms with Crippen LogP contribution in [0.25, 0.3) is 11.1 Å². The highest BCUT2D eigenvalue weighted by Gasteiger charge is 2.09. The molecule has 0 bridgehead atoms. The van der Waals surface area contributed by atoms with Crippen molar-refractivity contribution in [2.75, 3.05) is 11.9 Å². The van der Waals surface area contributed by atoms with Crippen LogP contribution in [0.15, 0.2) is 77.4 Å². The third kappa shape index (κ3) is 4.73. The lowest BCUT2D eigenvalue weighted by atomic mass is 10.0. The molecule has 6 nitrogen and oxygen atoms in total. The first-order chi connectivity index (χ1) is 12.7. The lowest BCUT2D eigenvalue weighted by Gasteiger charge is -2.12. The van der Waals surface area contributed by atoms with Crippen molar-refractivity contribution < 1.29 is 14.0 Å². The maximum Gasteiger partial charge on any atom is 0.315 e. The van der Waals surface area contributed by atoms with Crippen molar-refractivity contribution in [1.29, 1.82) is 0 Å². The van der Waals surface area contributed by atoms with E-state index in [1.807, 2.05) is 54.6 Å². The van der Waals surface area contributed by atoms with Gasteiger partial charge in [0.1, 0.15) is 5.76 Å². The van der Waals surface area contributed by atoms with E-state index in [4.69, 9.17) is 4.42 Å². The zero-order valence-electron chi connectivity index (χ0n) is 14.1. The van der Waals surface area contributed by atoms with Gasteiger partial charge >= 0.3 is 6.03 Å². The Morgan fingerprint density at radius 2 is 1.62 bits per heavy atom. The molecule has 3 N–H and O–H groups in total. The summed E-state index contributed by atoms with van der Waals surface area (Å²) in [6, 6.07) is 20.4. The minimum atomic E-state index is -0.437. The molecular weight excluding hydrogens is 330 g/mol. The Kier molecular flexibility index (Phi) is 5.67. The summed E-state index contributed by atoms with van der Waals surface area (Å²) >= 11 is 0. The number of anilines is 1. The van der Waals surface area contributed by atoms with E-state index in [1.54, 1.807) is 12.1 Å². The average Bonchev–Trinajstić information content (AvgIpc) is 3.19. The van der Waals surface area contributed by atoms with Crippen LogP contribution in [0.3, 0.4) is 0 Å². The molecule has 0 unspecified atom stereocenters. The SMILES string of the molecule is O=C(CNC(=O)NCc1ccco1)Nc1ccccc1-c1ccccc1. The number of carbonyl (C=O) groups is 2. The van der Waals surface area contributed by atoms with Gasteiger partial charge in [-0.05, 0) is 23.8 Å². The molecule has 2 aromatic carbocycles. The smallest absolute Gasteiger partial charge is 0.315 e. The van der Waals surface area contributed by atoms with Gasteiger partial charge in [-0.15, -0.1) is 0 Å². The van der Waals surface area contributed by atoms with Gasteiger partial charge in [0.15, 0.2) is 0 Å². The van der Waals surface area contributed by atoms with Crippen LogP contribution >= 0.6 is 0 Å². The van der Waals surface area contributed by atoms with Crippen LogP contribution in [0.2, 0.25) is 0 Å². The number of amides is 3. The summed E-state index contributed by atoms with van der Waals surface area (Å²) in [5.41, 5.74) is 2.62. The molecule has 0 aliphatic carbocycles. The molecule has 26 heavy (non-hydrogen) atoms. The maximum atomic E-state index is 12.2. The summed E-state index contributed by atoms with van der Waals surface area (Å²) < 4.78 is 5.12. The summed E-state index contributed by atoms with van der Waals surface area (Å²) in [7, 11) is 0. The monoisotopic (exact) mass is 349 g/mol. The average molecular weight is 349 g/mol. The lowest BCUT2D eigenvalue weighted by Crippen LogP contribution is -2.39. The van der Waals surface area contributed by atoms with Gasteiger partial charge in [0.05, 0.1) is 19.4 Å². The van der Waals surface area contributed by atoms with Crippen LogP contribution in [0.5, 0.6) is 0 Å². The predicted molar refractivity (Wildman–Crippen MR) is 99.5 cm³/mol. The van der Waals surface area contributed by atoms with Gasteiger partial charge in [-0.3, -0.25) is 4.79 Å². The van der Waals surface area contributed by atoms with Crippen LogP contribution in [0.1, 0.15) is 5.76 Å². The highest BCUT2D eigenvalue weighted by Crippen LogP contribution is 2.27. The summed E-state index contributed by atoms with van der Waals surface area (Å²) in [4.78, 5) is 23.9. The molecule has 1 heterocycles. The first-order valence-corrected chi connectivity index (χ1v) is 8.21. The van der Waals surface area contributed by atoms with Gasteiger partial charge in [-0.25, -0.2) is 4.79 Å². The third-order valence-electron chi connectivity index (χ3n) is 3.70. The van der Waals surface area contributed by atoms with Crippen molar-refractivity contribution in [1.82, 2.24) is 10.6 Å². The highest BCUT2D eigenvalue weighted by atomic mass is 16.3. The fourth-order valence-electron chi connectivity index (χ4n) is 2.46. The molecule has 132 valence electrons. The van der Waals surface area contributed by atoms with Gasteiger partial charge in [0.25, 0.3) is 0 Å². The molecule has 3 rings (SSSR count). The summed E-state index contributed by atoms with van der Waals surface area (Å²) in [6.45, 7) is 0.129. The number of para-hydroxylation sites is 1. The van der Waals surface area contributed by atoms with Crippen molar-refractivity contribution in [3.8, 4) is 11.1 Å². The van der Waals surface area contributed by atoms with Crippen LogP contribution < -0.4 is 16.0 Å². The minimum Gasteiger partial charge on any atom is -0.467 e. The number of urea groups is 1. The van der Waals surface area contributed by atoms with Gasteiger partial charge in [0, 0.05) is 11.3 Å². The zero-order chi connectivity index (χ0) is 18.2. The number of nitrogens with one attached hydrogen (secondary N) is 3. The Labute approximate surface area is 151 Å². The first-order valence-electron chi connectivity index (χ1n) is 8.21. The van der Waals surface area contributed by atoms with Crippen LogP contribution in [0, 0.1) is 0 Å². The second-order valence-electron chi connectivity index (χ2n) is 5.58. The molecule has 6 heteroatoms. The molecule has 0 fully saturated rings. The summed E-state index contributed by atoms with van der Waals surface area (Å²) in [5.74, 6) is 0.336. The topological polar surface area (TPSA) is 83.4 Å². The summed E-state index contributed by atoms with van der Waals surface area (Å²) in [5, 5.41) is 7.97. The molecule has 3 amide bonds. The predicted octanol–water partition coefficient (Wildman–Crippen LogP) is 3.38. The quantitative estimate of drug-likeness (QED) is 0.638. The van der Waals surface area contributed by atoms with Crippen molar-refractivity contribution in [2.45, 2.75) is 6.54 Å². The van der Waals surface area contributed by atoms with E-state index < -0.39 is 6.03 Å². The second kappa shape index (κ2) is 8.53. The molecular formula is C20H19N3O3. The fraction of sp³-hybridized carbons (Fsp3) is 0.100. The van der Waals surface area contributed by atoms with E-state index in [0.29, 0.717) is 11.4 Å². The number of furan rings is 1. The Hall–Kier alpha value is -3.54. The number of hydrogen-bond donors (Lipinski definition) is 3. The Morgan fingerprint density at radius 1 is 0.846 bits per heavy atom. The number of benzene rings is 2. The van der Waals surface area contributed by atoms with Crippen LogP contribution in [0.4, 0.5) is 10.5 Å². The number of hydrogen-bond acceptors (Lipinski definition) is 3. The molecule has 0 radical (unpaired) electrons. The molecule has 0 atom stereocenters. The number of carbonyl (C=O) groups excluding carboxylic acids is 2.